The van der Waals surface area contributed by atoms with Gasteiger partial charge in [-0.15, -0.1) is 0 Å². The van der Waals surface area contributed by atoms with Crippen LogP contribution in [0.15, 0.2) is 58.7 Å². The number of aromatic nitrogens is 4. The first-order chi connectivity index (χ1) is 14.7. The van der Waals surface area contributed by atoms with Gasteiger partial charge in [0.25, 0.3) is 5.56 Å². The van der Waals surface area contributed by atoms with Gasteiger partial charge in [-0.3, -0.25) is 9.79 Å². The van der Waals surface area contributed by atoms with Crippen LogP contribution in [-0.2, 0) is 13.1 Å². The summed E-state index contributed by atoms with van der Waals surface area (Å²) in [7, 11) is 1.83. The number of pyridine rings is 2. The van der Waals surface area contributed by atoms with Crippen molar-refractivity contribution in [2.75, 3.05) is 17.7 Å². The number of hydrogen-bond donors (Lipinski definition) is 3. The molecule has 0 aliphatic carbocycles. The fourth-order valence-electron chi connectivity index (χ4n) is 3.50. The molecule has 1 aromatic carbocycles. The molecule has 1 aliphatic heterocycles. The van der Waals surface area contributed by atoms with Crippen LogP contribution in [0.1, 0.15) is 16.7 Å². The smallest absolute Gasteiger partial charge is 0.262 e. The van der Waals surface area contributed by atoms with Crippen molar-refractivity contribution in [1.82, 2.24) is 19.9 Å². The molecule has 0 bridgehead atoms. The van der Waals surface area contributed by atoms with E-state index in [4.69, 9.17) is 4.98 Å². The lowest BCUT2D eigenvalue weighted by atomic mass is 10.0. The molecule has 0 saturated carbocycles. The molecule has 4 aromatic rings. The molecule has 4 heterocycles. The molecule has 5 rings (SSSR count). The van der Waals surface area contributed by atoms with Crippen molar-refractivity contribution in [3.8, 4) is 11.3 Å². The normalized spacial score (nSPS) is 12.2. The van der Waals surface area contributed by atoms with Crippen LogP contribution in [0.5, 0.6) is 0 Å². The van der Waals surface area contributed by atoms with E-state index in [0.717, 1.165) is 28.2 Å². The van der Waals surface area contributed by atoms with Gasteiger partial charge in [0.2, 0.25) is 0 Å². The summed E-state index contributed by atoms with van der Waals surface area (Å²) in [6, 6.07) is 11.9. The van der Waals surface area contributed by atoms with Crippen LogP contribution in [0.3, 0.4) is 0 Å². The number of nitrogens with zero attached hydrogens (tertiary/aromatic N) is 4. The summed E-state index contributed by atoms with van der Waals surface area (Å²) in [5, 5.41) is 6.72. The summed E-state index contributed by atoms with van der Waals surface area (Å²) in [6.45, 7) is 1.16. The maximum atomic E-state index is 12.5. The number of aromatic amines is 1. The zero-order valence-electron chi connectivity index (χ0n) is 16.3. The molecule has 3 N–H and O–H groups in total. The molecule has 8 nitrogen and oxygen atoms in total. The van der Waals surface area contributed by atoms with Crippen molar-refractivity contribution < 1.29 is 0 Å². The highest BCUT2D eigenvalue weighted by atomic mass is 16.1. The summed E-state index contributed by atoms with van der Waals surface area (Å²) in [6.07, 6.45) is 5.08. The molecule has 3 aromatic heterocycles. The Morgan fingerprint density at radius 3 is 2.90 bits per heavy atom. The largest absolute Gasteiger partial charge is 0.373 e. The summed E-state index contributed by atoms with van der Waals surface area (Å²) in [5.74, 6) is 1.29. The molecule has 1 aliphatic rings. The van der Waals surface area contributed by atoms with Crippen molar-refractivity contribution in [3.05, 3.63) is 76.0 Å². The van der Waals surface area contributed by atoms with Crippen molar-refractivity contribution in [3.63, 3.8) is 0 Å². The van der Waals surface area contributed by atoms with E-state index in [0.29, 0.717) is 29.8 Å². The second-order valence-electron chi connectivity index (χ2n) is 7.02. The zero-order chi connectivity index (χ0) is 20.5. The van der Waals surface area contributed by atoms with E-state index in [2.05, 4.69) is 36.6 Å². The molecule has 30 heavy (non-hydrogen) atoms. The van der Waals surface area contributed by atoms with Gasteiger partial charge in [-0.1, -0.05) is 18.2 Å². The van der Waals surface area contributed by atoms with Crippen molar-refractivity contribution in [2.45, 2.75) is 13.1 Å². The van der Waals surface area contributed by atoms with E-state index in [9.17, 15) is 4.79 Å². The Morgan fingerprint density at radius 2 is 2.07 bits per heavy atom. The highest BCUT2D eigenvalue weighted by Gasteiger charge is 2.14. The van der Waals surface area contributed by atoms with E-state index in [1.54, 1.807) is 6.20 Å². The van der Waals surface area contributed by atoms with Crippen LogP contribution in [0, 0.1) is 0 Å². The molecule has 0 spiro atoms. The Balaban J connectivity index is 1.54. The number of benzene rings is 1. The third-order valence-electron chi connectivity index (χ3n) is 5.10. The fourth-order valence-corrected chi connectivity index (χ4v) is 3.50. The summed E-state index contributed by atoms with van der Waals surface area (Å²) >= 11 is 0. The molecule has 0 amide bonds. The van der Waals surface area contributed by atoms with Gasteiger partial charge in [0, 0.05) is 31.6 Å². The van der Waals surface area contributed by atoms with E-state index in [1.807, 2.05) is 43.6 Å². The van der Waals surface area contributed by atoms with Gasteiger partial charge in [0.1, 0.15) is 17.0 Å². The van der Waals surface area contributed by atoms with Gasteiger partial charge < -0.3 is 15.6 Å². The number of fused-ring (bicyclic) bond motifs is 2. The van der Waals surface area contributed by atoms with Crippen LogP contribution < -0.4 is 16.2 Å². The highest BCUT2D eigenvalue weighted by Crippen LogP contribution is 2.27. The minimum Gasteiger partial charge on any atom is -0.373 e. The van der Waals surface area contributed by atoms with E-state index in [-0.39, 0.29) is 5.56 Å². The van der Waals surface area contributed by atoms with Gasteiger partial charge in [0.05, 0.1) is 24.1 Å². The van der Waals surface area contributed by atoms with E-state index >= 15 is 0 Å². The first-order valence-electron chi connectivity index (χ1n) is 9.59. The lowest BCUT2D eigenvalue weighted by Gasteiger charge is -2.12. The Morgan fingerprint density at radius 1 is 1.13 bits per heavy atom. The standard InChI is InChI=1S/C22H19N7O/c1-23-19-5-2-13(8-25-19)9-26-21-20-18(27-12-28-22(20)30)7-17(29-21)14-3-4-15-10-24-11-16(15)6-14/h2-8,10,12H,9,11H2,1H3,(H,23,25)(H,26,29)(H,27,28,30). The lowest BCUT2D eigenvalue weighted by Crippen LogP contribution is -2.12. The van der Waals surface area contributed by atoms with Gasteiger partial charge in [-0.25, -0.2) is 15.0 Å². The van der Waals surface area contributed by atoms with Crippen LogP contribution >= 0.6 is 0 Å². The Kier molecular flexibility index (Phi) is 4.44. The highest BCUT2D eigenvalue weighted by molar-refractivity contribution is 5.92. The van der Waals surface area contributed by atoms with Gasteiger partial charge in [-0.2, -0.15) is 0 Å². The zero-order valence-corrected chi connectivity index (χ0v) is 16.3. The molecule has 0 unspecified atom stereocenters. The van der Waals surface area contributed by atoms with E-state index in [1.165, 1.54) is 11.9 Å². The monoisotopic (exact) mass is 397 g/mol. The molecular weight excluding hydrogens is 378 g/mol. The van der Waals surface area contributed by atoms with Gasteiger partial charge in [-0.05, 0) is 34.9 Å². The maximum Gasteiger partial charge on any atom is 0.262 e. The maximum absolute atomic E-state index is 12.5. The number of hydrogen-bond acceptors (Lipinski definition) is 7. The first-order valence-corrected chi connectivity index (χ1v) is 9.59. The van der Waals surface area contributed by atoms with E-state index < -0.39 is 0 Å². The van der Waals surface area contributed by atoms with Crippen molar-refractivity contribution >= 4 is 28.8 Å². The number of nitrogens with one attached hydrogen (secondary N) is 3. The molecule has 0 fully saturated rings. The summed E-state index contributed by atoms with van der Waals surface area (Å²) < 4.78 is 0. The van der Waals surface area contributed by atoms with Crippen molar-refractivity contribution in [1.29, 1.82) is 0 Å². The lowest BCUT2D eigenvalue weighted by molar-refractivity contribution is 1.08. The molecule has 0 radical (unpaired) electrons. The fraction of sp³-hybridized carbons (Fsp3) is 0.136. The topological polar surface area (TPSA) is 108 Å². The quantitative estimate of drug-likeness (QED) is 0.478. The average molecular weight is 397 g/mol. The molecular formula is C22H19N7O. The third kappa shape index (κ3) is 3.28. The number of aliphatic imine (C=N–C) groups is 1. The Bertz CT molecular complexity index is 1330. The molecule has 0 atom stereocenters. The Labute approximate surface area is 172 Å². The van der Waals surface area contributed by atoms with Crippen LogP contribution in [0.4, 0.5) is 11.6 Å². The average Bonchev–Trinajstić information content (AvgIpc) is 3.25. The second kappa shape index (κ2) is 7.40. The minimum absolute atomic E-state index is 0.229. The van der Waals surface area contributed by atoms with Crippen LogP contribution in [0.25, 0.3) is 22.2 Å². The predicted molar refractivity (Wildman–Crippen MR) is 118 cm³/mol. The van der Waals surface area contributed by atoms with Gasteiger partial charge >= 0.3 is 0 Å². The Hall–Kier alpha value is -4.07. The first kappa shape index (κ1) is 18.0. The van der Waals surface area contributed by atoms with Gasteiger partial charge in [0.15, 0.2) is 0 Å². The minimum atomic E-state index is -0.229. The predicted octanol–water partition coefficient (Wildman–Crippen LogP) is 2.97. The third-order valence-corrected chi connectivity index (χ3v) is 5.10. The van der Waals surface area contributed by atoms with Crippen molar-refractivity contribution in [2.24, 2.45) is 4.99 Å². The SMILES string of the molecule is CNc1ccc(CNc2nc(-c3ccc4c(c3)CN=C4)cc3nc[nH]c(=O)c23)cn1. The van der Waals surface area contributed by atoms with Crippen LogP contribution in [0.2, 0.25) is 0 Å². The second-order valence-corrected chi connectivity index (χ2v) is 7.02. The summed E-state index contributed by atoms with van der Waals surface area (Å²) in [4.78, 5) is 32.9. The molecule has 8 heteroatoms. The molecule has 148 valence electrons. The molecule has 0 saturated heterocycles. The summed E-state index contributed by atoms with van der Waals surface area (Å²) in [5.41, 5.74) is 5.35. The number of H-pyrrole nitrogens is 1. The number of rotatable bonds is 5. The van der Waals surface area contributed by atoms with Crippen LogP contribution in [-0.4, -0.2) is 33.2 Å². The number of anilines is 2.